The molecule has 2 heterocycles. The standard InChI is InChI=1S/C21H22N2O/c1-22-18-12-13-19(22)15-20(14-18)23(17-10-6-3-7-11-17)21(24)16-8-4-2-5-9-16/h2-11,14,18-19H,12-13,15H2,1H3/p+1/t18-,19+/m1/s1. The Bertz CT molecular complexity index is 754. The van der Waals surface area contributed by atoms with Crippen molar-refractivity contribution in [1.82, 2.24) is 0 Å². The summed E-state index contributed by atoms with van der Waals surface area (Å²) in [4.78, 5) is 16.8. The van der Waals surface area contributed by atoms with Gasteiger partial charge in [0.05, 0.1) is 13.1 Å². The summed E-state index contributed by atoms with van der Waals surface area (Å²) in [5, 5.41) is 0. The van der Waals surface area contributed by atoms with Crippen LogP contribution in [0.1, 0.15) is 29.6 Å². The van der Waals surface area contributed by atoms with E-state index >= 15 is 0 Å². The Kier molecular flexibility index (Phi) is 3.95. The molecule has 0 spiro atoms. The Morgan fingerprint density at radius 3 is 2.33 bits per heavy atom. The van der Waals surface area contributed by atoms with Crippen LogP contribution in [0.2, 0.25) is 0 Å². The van der Waals surface area contributed by atoms with Crippen LogP contribution in [-0.4, -0.2) is 25.0 Å². The average Bonchev–Trinajstić information content (AvgIpc) is 2.85. The number of carbonyl (C=O) groups is 1. The van der Waals surface area contributed by atoms with Crippen molar-refractivity contribution in [3.63, 3.8) is 0 Å². The van der Waals surface area contributed by atoms with Gasteiger partial charge in [-0.1, -0.05) is 36.4 Å². The van der Waals surface area contributed by atoms with Gasteiger partial charge in [0, 0.05) is 36.2 Å². The van der Waals surface area contributed by atoms with Crippen molar-refractivity contribution in [3.8, 4) is 0 Å². The van der Waals surface area contributed by atoms with Gasteiger partial charge in [-0.15, -0.1) is 0 Å². The lowest BCUT2D eigenvalue weighted by atomic mass is 10.0. The molecule has 2 bridgehead atoms. The van der Waals surface area contributed by atoms with Gasteiger partial charge < -0.3 is 4.90 Å². The van der Waals surface area contributed by atoms with E-state index in [0.29, 0.717) is 12.1 Å². The summed E-state index contributed by atoms with van der Waals surface area (Å²) in [7, 11) is 2.28. The van der Waals surface area contributed by atoms with Gasteiger partial charge in [0.2, 0.25) is 0 Å². The van der Waals surface area contributed by atoms with Crippen molar-refractivity contribution < 1.29 is 9.69 Å². The zero-order valence-corrected chi connectivity index (χ0v) is 14.0. The molecule has 2 aliphatic heterocycles. The van der Waals surface area contributed by atoms with E-state index < -0.39 is 0 Å². The smallest absolute Gasteiger partial charge is 0.262 e. The number of rotatable bonds is 3. The van der Waals surface area contributed by atoms with Crippen molar-refractivity contribution in [2.24, 2.45) is 0 Å². The molecular formula is C21H23N2O+. The lowest BCUT2D eigenvalue weighted by molar-refractivity contribution is -0.911. The molecule has 2 aromatic rings. The number of quaternary nitrogens is 1. The number of fused-ring (bicyclic) bond motifs is 2. The first kappa shape index (κ1) is 15.2. The fourth-order valence-corrected chi connectivity index (χ4v) is 4.04. The first-order chi connectivity index (χ1) is 11.7. The van der Waals surface area contributed by atoms with Crippen LogP contribution < -0.4 is 9.80 Å². The van der Waals surface area contributed by atoms with E-state index in [4.69, 9.17) is 0 Å². The normalized spacial score (nSPS) is 25.2. The zero-order chi connectivity index (χ0) is 16.5. The van der Waals surface area contributed by atoms with Crippen molar-refractivity contribution in [1.29, 1.82) is 0 Å². The predicted molar refractivity (Wildman–Crippen MR) is 96.1 cm³/mol. The number of benzene rings is 2. The van der Waals surface area contributed by atoms with Crippen LogP contribution >= 0.6 is 0 Å². The van der Waals surface area contributed by atoms with Crippen molar-refractivity contribution in [2.75, 3.05) is 11.9 Å². The zero-order valence-electron chi connectivity index (χ0n) is 14.0. The van der Waals surface area contributed by atoms with Gasteiger partial charge in [-0.05, 0) is 30.3 Å². The van der Waals surface area contributed by atoms with Crippen LogP contribution in [0.25, 0.3) is 0 Å². The molecule has 122 valence electrons. The lowest BCUT2D eigenvalue weighted by Gasteiger charge is -2.33. The van der Waals surface area contributed by atoms with Crippen LogP contribution in [0.5, 0.6) is 0 Å². The van der Waals surface area contributed by atoms with E-state index in [2.05, 4.69) is 13.1 Å². The topological polar surface area (TPSA) is 24.8 Å². The fourth-order valence-electron chi connectivity index (χ4n) is 4.04. The second-order valence-electron chi connectivity index (χ2n) is 6.83. The minimum atomic E-state index is 0.0620. The molecule has 1 amide bonds. The lowest BCUT2D eigenvalue weighted by Crippen LogP contribution is -3.14. The van der Waals surface area contributed by atoms with Gasteiger partial charge >= 0.3 is 0 Å². The summed E-state index contributed by atoms with van der Waals surface area (Å²) < 4.78 is 0. The first-order valence-corrected chi connectivity index (χ1v) is 8.72. The quantitative estimate of drug-likeness (QED) is 0.924. The van der Waals surface area contributed by atoms with Crippen LogP contribution in [-0.2, 0) is 0 Å². The van der Waals surface area contributed by atoms with Crippen LogP contribution in [0, 0.1) is 0 Å². The maximum atomic E-state index is 13.2. The minimum Gasteiger partial charge on any atom is -0.329 e. The number of nitrogens with one attached hydrogen (secondary N) is 1. The third-order valence-corrected chi connectivity index (χ3v) is 5.43. The van der Waals surface area contributed by atoms with E-state index in [0.717, 1.165) is 23.4 Å². The van der Waals surface area contributed by atoms with Crippen LogP contribution in [0.3, 0.4) is 0 Å². The maximum Gasteiger partial charge on any atom is 0.262 e. The molecule has 3 heteroatoms. The third kappa shape index (κ3) is 2.65. The summed E-state index contributed by atoms with van der Waals surface area (Å²) >= 11 is 0. The monoisotopic (exact) mass is 319 g/mol. The molecule has 2 aromatic carbocycles. The molecule has 0 saturated carbocycles. The van der Waals surface area contributed by atoms with E-state index in [1.165, 1.54) is 12.8 Å². The Balaban J connectivity index is 1.75. The summed E-state index contributed by atoms with van der Waals surface area (Å²) in [6.07, 6.45) is 5.77. The van der Waals surface area contributed by atoms with E-state index in [-0.39, 0.29) is 5.91 Å². The van der Waals surface area contributed by atoms with Gasteiger partial charge in [-0.2, -0.15) is 0 Å². The molecule has 24 heavy (non-hydrogen) atoms. The van der Waals surface area contributed by atoms with Crippen molar-refractivity contribution in [2.45, 2.75) is 31.3 Å². The second kappa shape index (κ2) is 6.25. The Morgan fingerprint density at radius 1 is 1.00 bits per heavy atom. The van der Waals surface area contributed by atoms with Gasteiger partial charge in [-0.3, -0.25) is 9.69 Å². The molecule has 1 saturated heterocycles. The molecule has 0 radical (unpaired) electrons. The van der Waals surface area contributed by atoms with Gasteiger partial charge in [0.25, 0.3) is 5.91 Å². The molecular weight excluding hydrogens is 296 g/mol. The number of anilines is 1. The third-order valence-electron chi connectivity index (χ3n) is 5.43. The number of hydrogen-bond acceptors (Lipinski definition) is 1. The SMILES string of the molecule is C[NH+]1[C@H]2CC[C@@H]1C=C(N(C(=O)c1ccccc1)c1ccccc1)C2. The highest BCUT2D eigenvalue weighted by atomic mass is 16.2. The average molecular weight is 319 g/mol. The number of likely N-dealkylation sites (N-methyl/N-ethyl adjacent to an activating group) is 1. The Labute approximate surface area is 143 Å². The van der Waals surface area contributed by atoms with Gasteiger partial charge in [0.1, 0.15) is 6.04 Å². The summed E-state index contributed by atoms with van der Waals surface area (Å²) in [6.45, 7) is 0. The molecule has 0 aliphatic carbocycles. The molecule has 2 aliphatic rings. The summed E-state index contributed by atoms with van der Waals surface area (Å²) in [5.41, 5.74) is 2.85. The highest BCUT2D eigenvalue weighted by Crippen LogP contribution is 2.29. The number of carbonyl (C=O) groups excluding carboxylic acids is 1. The van der Waals surface area contributed by atoms with Gasteiger partial charge in [0.15, 0.2) is 0 Å². The van der Waals surface area contributed by atoms with E-state index in [1.54, 1.807) is 4.90 Å². The molecule has 4 rings (SSSR count). The molecule has 1 unspecified atom stereocenters. The molecule has 1 N–H and O–H groups in total. The Morgan fingerprint density at radius 2 is 1.67 bits per heavy atom. The maximum absolute atomic E-state index is 13.2. The van der Waals surface area contributed by atoms with Crippen LogP contribution in [0.4, 0.5) is 5.69 Å². The minimum absolute atomic E-state index is 0.0620. The number of amides is 1. The van der Waals surface area contributed by atoms with Gasteiger partial charge in [-0.25, -0.2) is 0 Å². The van der Waals surface area contributed by atoms with Crippen molar-refractivity contribution >= 4 is 11.6 Å². The van der Waals surface area contributed by atoms with E-state index in [1.807, 2.05) is 65.6 Å². The molecule has 0 aromatic heterocycles. The molecule has 3 atom stereocenters. The Hall–Kier alpha value is -2.39. The van der Waals surface area contributed by atoms with Crippen LogP contribution in [0.15, 0.2) is 72.4 Å². The highest BCUT2D eigenvalue weighted by Gasteiger charge is 2.40. The fraction of sp³-hybridized carbons (Fsp3) is 0.286. The van der Waals surface area contributed by atoms with E-state index in [9.17, 15) is 4.79 Å². The predicted octanol–water partition coefficient (Wildman–Crippen LogP) is 2.67. The molecule has 1 fully saturated rings. The summed E-state index contributed by atoms with van der Waals surface area (Å²) in [5.74, 6) is 0.0620. The highest BCUT2D eigenvalue weighted by molar-refractivity contribution is 6.08. The number of para-hydroxylation sites is 1. The first-order valence-electron chi connectivity index (χ1n) is 8.72. The number of hydrogen-bond donors (Lipinski definition) is 1. The largest absolute Gasteiger partial charge is 0.329 e. The number of nitrogens with zero attached hydrogens (tertiary/aromatic N) is 1. The second-order valence-corrected chi connectivity index (χ2v) is 6.83. The van der Waals surface area contributed by atoms with Crippen molar-refractivity contribution in [3.05, 3.63) is 78.0 Å². The molecule has 3 nitrogen and oxygen atoms in total. The summed E-state index contributed by atoms with van der Waals surface area (Å²) in [6, 6.07) is 20.8.